The molecular formula is C22H32O2. The Balaban J connectivity index is 1.78. The van der Waals surface area contributed by atoms with Crippen molar-refractivity contribution in [2.75, 3.05) is 0 Å². The standard InChI is InChI=1S/C22H32O2/c1-5-22-13-14(2)19-17(18(22)9-11-21(22,4)24)7-6-15-12-16(23)8-10-20(15,19)3/h12,17-19,24H,2,5-11,13H2,1,3-4H3/t17-,18-,19?,20-,21-,22-/m0/s1. The molecule has 1 unspecified atom stereocenters. The van der Waals surface area contributed by atoms with Crippen LogP contribution in [-0.4, -0.2) is 16.5 Å². The largest absolute Gasteiger partial charge is 0.390 e. The summed E-state index contributed by atoms with van der Waals surface area (Å²) in [4.78, 5) is 11.9. The first kappa shape index (κ1) is 16.6. The maximum atomic E-state index is 11.9. The topological polar surface area (TPSA) is 37.3 Å². The van der Waals surface area contributed by atoms with Gasteiger partial charge in [0.25, 0.3) is 0 Å². The van der Waals surface area contributed by atoms with E-state index < -0.39 is 5.60 Å². The fourth-order valence-electron chi connectivity index (χ4n) is 7.43. The van der Waals surface area contributed by atoms with Gasteiger partial charge < -0.3 is 5.11 Å². The number of carbonyl (C=O) groups excluding carboxylic acids is 1. The van der Waals surface area contributed by atoms with Gasteiger partial charge in [-0.3, -0.25) is 4.79 Å². The van der Waals surface area contributed by atoms with E-state index in [1.165, 1.54) is 17.6 Å². The number of aliphatic hydroxyl groups is 1. The van der Waals surface area contributed by atoms with Crippen LogP contribution in [0, 0.1) is 28.6 Å². The molecule has 0 saturated heterocycles. The average Bonchev–Trinajstić information content (AvgIpc) is 2.79. The summed E-state index contributed by atoms with van der Waals surface area (Å²) >= 11 is 0. The van der Waals surface area contributed by atoms with E-state index in [0.717, 1.165) is 38.5 Å². The van der Waals surface area contributed by atoms with Gasteiger partial charge in [0.2, 0.25) is 0 Å². The first-order valence-corrected chi connectivity index (χ1v) is 9.89. The molecule has 0 radical (unpaired) electrons. The van der Waals surface area contributed by atoms with Crippen LogP contribution in [-0.2, 0) is 4.79 Å². The van der Waals surface area contributed by atoms with Crippen LogP contribution in [0.1, 0.15) is 72.1 Å². The molecule has 3 fully saturated rings. The molecule has 4 aliphatic carbocycles. The highest BCUT2D eigenvalue weighted by atomic mass is 16.3. The van der Waals surface area contributed by atoms with Gasteiger partial charge in [-0.25, -0.2) is 0 Å². The molecule has 4 aliphatic rings. The SMILES string of the molecule is C=C1C[C@@]2(CC)[C@@H](CC[C@]2(C)O)[C@@H]2CCC3=CC(=O)CC[C@]3(C)C12. The summed E-state index contributed by atoms with van der Waals surface area (Å²) in [7, 11) is 0. The zero-order valence-electron chi connectivity index (χ0n) is 15.5. The fraction of sp³-hybridized carbons (Fsp3) is 0.773. The molecule has 0 spiro atoms. The second kappa shape index (κ2) is 5.06. The van der Waals surface area contributed by atoms with Gasteiger partial charge in [0.05, 0.1) is 5.60 Å². The Hall–Kier alpha value is -0.890. The Bertz CT molecular complexity index is 628. The molecular weight excluding hydrogens is 296 g/mol. The zero-order chi connectivity index (χ0) is 17.3. The summed E-state index contributed by atoms with van der Waals surface area (Å²) in [6, 6.07) is 0. The minimum Gasteiger partial charge on any atom is -0.390 e. The van der Waals surface area contributed by atoms with Gasteiger partial charge in [-0.05, 0) is 81.1 Å². The van der Waals surface area contributed by atoms with Crippen LogP contribution in [0.3, 0.4) is 0 Å². The molecule has 3 saturated carbocycles. The summed E-state index contributed by atoms with van der Waals surface area (Å²) in [5.41, 5.74) is 2.33. The molecule has 0 aromatic rings. The van der Waals surface area contributed by atoms with Gasteiger partial charge >= 0.3 is 0 Å². The maximum Gasteiger partial charge on any atom is 0.155 e. The van der Waals surface area contributed by atoms with Gasteiger partial charge in [0.15, 0.2) is 5.78 Å². The van der Waals surface area contributed by atoms with Crippen LogP contribution in [0.5, 0.6) is 0 Å². The number of rotatable bonds is 1. The summed E-state index contributed by atoms with van der Waals surface area (Å²) < 4.78 is 0. The number of ketones is 1. The molecule has 24 heavy (non-hydrogen) atoms. The third-order valence-electron chi connectivity index (χ3n) is 8.68. The molecule has 4 rings (SSSR count). The van der Waals surface area contributed by atoms with Crippen LogP contribution in [0.15, 0.2) is 23.8 Å². The minimum absolute atomic E-state index is 0.0211. The molecule has 0 amide bonds. The van der Waals surface area contributed by atoms with E-state index in [4.69, 9.17) is 0 Å². The van der Waals surface area contributed by atoms with Crippen LogP contribution in [0.2, 0.25) is 0 Å². The minimum atomic E-state index is -0.556. The third-order valence-corrected chi connectivity index (χ3v) is 8.68. The van der Waals surface area contributed by atoms with Gasteiger partial charge in [0.1, 0.15) is 0 Å². The highest BCUT2D eigenvalue weighted by molar-refractivity contribution is 5.91. The highest BCUT2D eigenvalue weighted by Gasteiger charge is 2.64. The molecule has 2 nitrogen and oxygen atoms in total. The normalized spacial score (nSPS) is 50.8. The molecule has 0 bridgehead atoms. The Morgan fingerprint density at radius 3 is 2.71 bits per heavy atom. The monoisotopic (exact) mass is 328 g/mol. The number of fused-ring (bicyclic) bond motifs is 5. The number of hydrogen-bond acceptors (Lipinski definition) is 2. The van der Waals surface area contributed by atoms with Crippen molar-refractivity contribution in [2.24, 2.45) is 28.6 Å². The first-order chi connectivity index (χ1) is 11.2. The van der Waals surface area contributed by atoms with Crippen molar-refractivity contribution in [1.82, 2.24) is 0 Å². The lowest BCUT2D eigenvalue weighted by Crippen LogP contribution is -2.55. The Morgan fingerprint density at radius 2 is 2.00 bits per heavy atom. The van der Waals surface area contributed by atoms with E-state index in [1.807, 2.05) is 6.08 Å². The smallest absolute Gasteiger partial charge is 0.155 e. The number of carbonyl (C=O) groups is 1. The van der Waals surface area contributed by atoms with Crippen LogP contribution < -0.4 is 0 Å². The van der Waals surface area contributed by atoms with Crippen LogP contribution in [0.4, 0.5) is 0 Å². The van der Waals surface area contributed by atoms with Gasteiger partial charge in [-0.2, -0.15) is 0 Å². The molecule has 0 aromatic heterocycles. The molecule has 132 valence electrons. The van der Waals surface area contributed by atoms with Crippen molar-refractivity contribution >= 4 is 5.78 Å². The van der Waals surface area contributed by atoms with Crippen molar-refractivity contribution in [3.8, 4) is 0 Å². The Kier molecular flexibility index (Phi) is 3.50. The quantitative estimate of drug-likeness (QED) is 0.700. The molecule has 0 aromatic carbocycles. The average molecular weight is 328 g/mol. The fourth-order valence-corrected chi connectivity index (χ4v) is 7.43. The van der Waals surface area contributed by atoms with Gasteiger partial charge in [-0.15, -0.1) is 0 Å². The second-order valence-corrected chi connectivity index (χ2v) is 9.50. The first-order valence-electron chi connectivity index (χ1n) is 9.89. The summed E-state index contributed by atoms with van der Waals surface area (Å²) in [5.74, 6) is 2.07. The summed E-state index contributed by atoms with van der Waals surface area (Å²) in [6.45, 7) is 11.3. The lowest BCUT2D eigenvalue weighted by atomic mass is 9.44. The summed E-state index contributed by atoms with van der Waals surface area (Å²) in [6.07, 6.45) is 9.97. The van der Waals surface area contributed by atoms with Crippen molar-refractivity contribution in [3.63, 3.8) is 0 Å². The lowest BCUT2D eigenvalue weighted by Gasteiger charge is -2.60. The highest BCUT2D eigenvalue weighted by Crippen LogP contribution is 2.69. The second-order valence-electron chi connectivity index (χ2n) is 9.50. The van der Waals surface area contributed by atoms with E-state index in [0.29, 0.717) is 30.0 Å². The predicted molar refractivity (Wildman–Crippen MR) is 96.5 cm³/mol. The summed E-state index contributed by atoms with van der Waals surface area (Å²) in [5, 5.41) is 11.2. The third kappa shape index (κ3) is 1.90. The van der Waals surface area contributed by atoms with Gasteiger partial charge in [-0.1, -0.05) is 31.6 Å². The molecule has 0 aliphatic heterocycles. The lowest BCUT2D eigenvalue weighted by molar-refractivity contribution is -0.119. The van der Waals surface area contributed by atoms with Crippen molar-refractivity contribution < 1.29 is 9.90 Å². The molecule has 2 heteroatoms. The van der Waals surface area contributed by atoms with E-state index in [2.05, 4.69) is 27.4 Å². The molecule has 1 N–H and O–H groups in total. The van der Waals surface area contributed by atoms with E-state index in [-0.39, 0.29) is 10.8 Å². The number of hydrogen-bond donors (Lipinski definition) is 1. The van der Waals surface area contributed by atoms with E-state index in [1.54, 1.807) is 0 Å². The van der Waals surface area contributed by atoms with E-state index in [9.17, 15) is 9.90 Å². The van der Waals surface area contributed by atoms with Crippen molar-refractivity contribution in [3.05, 3.63) is 23.8 Å². The van der Waals surface area contributed by atoms with Crippen molar-refractivity contribution in [1.29, 1.82) is 0 Å². The van der Waals surface area contributed by atoms with Crippen LogP contribution >= 0.6 is 0 Å². The van der Waals surface area contributed by atoms with E-state index >= 15 is 0 Å². The molecule has 6 atom stereocenters. The van der Waals surface area contributed by atoms with Crippen molar-refractivity contribution in [2.45, 2.75) is 77.7 Å². The number of allylic oxidation sites excluding steroid dienone is 2. The predicted octanol–water partition coefficient (Wildman–Crippen LogP) is 4.83. The van der Waals surface area contributed by atoms with Crippen LogP contribution in [0.25, 0.3) is 0 Å². The maximum absolute atomic E-state index is 11.9. The molecule has 0 heterocycles. The zero-order valence-corrected chi connectivity index (χ0v) is 15.5. The Labute approximate surface area is 146 Å². The Morgan fingerprint density at radius 1 is 1.25 bits per heavy atom. The van der Waals surface area contributed by atoms with Gasteiger partial charge in [0, 0.05) is 11.8 Å².